The minimum absolute atomic E-state index is 0.0371. The Bertz CT molecular complexity index is 475. The molecule has 2 rings (SSSR count). The van der Waals surface area contributed by atoms with Crippen LogP contribution in [0.5, 0.6) is 0 Å². The molecule has 0 aliphatic heterocycles. The Morgan fingerprint density at radius 2 is 2.16 bits per heavy atom. The second kappa shape index (κ2) is 5.91. The van der Waals surface area contributed by atoms with E-state index in [9.17, 15) is 4.79 Å². The molecule has 1 aliphatic carbocycles. The predicted octanol–water partition coefficient (Wildman–Crippen LogP) is 3.46. The molecule has 0 aromatic carbocycles. The summed E-state index contributed by atoms with van der Waals surface area (Å²) in [6.45, 7) is 6.45. The first-order chi connectivity index (χ1) is 9.01. The van der Waals surface area contributed by atoms with Crippen LogP contribution in [-0.4, -0.2) is 16.9 Å². The van der Waals surface area contributed by atoms with Gasteiger partial charge in [-0.2, -0.15) is 0 Å². The van der Waals surface area contributed by atoms with E-state index in [0.717, 1.165) is 18.5 Å². The van der Waals surface area contributed by atoms with Gasteiger partial charge in [-0.1, -0.05) is 32.4 Å². The maximum atomic E-state index is 12.3. The van der Waals surface area contributed by atoms with Crippen molar-refractivity contribution in [3.63, 3.8) is 0 Å². The van der Waals surface area contributed by atoms with Gasteiger partial charge in [0.2, 0.25) is 0 Å². The van der Waals surface area contributed by atoms with Gasteiger partial charge in [-0.25, -0.2) is 4.98 Å². The number of pyridine rings is 1. The summed E-state index contributed by atoms with van der Waals surface area (Å²) in [4.78, 5) is 16.5. The lowest BCUT2D eigenvalue weighted by Crippen LogP contribution is -2.37. The van der Waals surface area contributed by atoms with Crippen molar-refractivity contribution in [2.75, 3.05) is 0 Å². The highest BCUT2D eigenvalue weighted by Gasteiger charge is 2.30. The fourth-order valence-electron chi connectivity index (χ4n) is 2.68. The average molecular weight is 281 g/mol. The van der Waals surface area contributed by atoms with Crippen LogP contribution in [0.1, 0.15) is 49.7 Å². The first-order valence-electron chi connectivity index (χ1n) is 6.98. The molecule has 0 bridgehead atoms. The normalized spacial score (nSPS) is 26.4. The average Bonchev–Trinajstić information content (AvgIpc) is 2.70. The zero-order chi connectivity index (χ0) is 14.0. The second-order valence-corrected chi connectivity index (χ2v) is 5.90. The van der Waals surface area contributed by atoms with Crippen molar-refractivity contribution >= 4 is 17.5 Å². The highest BCUT2D eigenvalue weighted by Crippen LogP contribution is 2.31. The largest absolute Gasteiger partial charge is 0.349 e. The highest BCUT2D eigenvalue weighted by atomic mass is 35.5. The third-order valence-electron chi connectivity index (χ3n) is 4.25. The van der Waals surface area contributed by atoms with Crippen molar-refractivity contribution in [1.29, 1.82) is 0 Å². The molecule has 0 radical (unpaired) electrons. The molecule has 104 valence electrons. The number of aromatic nitrogens is 1. The van der Waals surface area contributed by atoms with Gasteiger partial charge in [0.05, 0.1) is 0 Å². The lowest BCUT2D eigenvalue weighted by molar-refractivity contribution is 0.0927. The van der Waals surface area contributed by atoms with Gasteiger partial charge in [0.15, 0.2) is 0 Å². The predicted molar refractivity (Wildman–Crippen MR) is 77.4 cm³/mol. The Balaban J connectivity index is 2.10. The van der Waals surface area contributed by atoms with Gasteiger partial charge in [-0.15, -0.1) is 0 Å². The molecule has 3 unspecified atom stereocenters. The summed E-state index contributed by atoms with van der Waals surface area (Å²) >= 11 is 5.95. The van der Waals surface area contributed by atoms with Crippen LogP contribution in [-0.2, 0) is 6.42 Å². The molecular weight excluding hydrogens is 260 g/mol. The molecule has 1 heterocycles. The van der Waals surface area contributed by atoms with Crippen LogP contribution in [0, 0.1) is 11.8 Å². The summed E-state index contributed by atoms with van der Waals surface area (Å²) in [7, 11) is 0. The van der Waals surface area contributed by atoms with Gasteiger partial charge in [-0.3, -0.25) is 4.79 Å². The molecule has 1 aliphatic rings. The van der Waals surface area contributed by atoms with Crippen LogP contribution in [0.15, 0.2) is 12.1 Å². The monoisotopic (exact) mass is 280 g/mol. The van der Waals surface area contributed by atoms with Gasteiger partial charge < -0.3 is 5.32 Å². The standard InChI is InChI=1S/C15H21ClN2O/c1-4-12-7-11(8-14(16)17-12)15(19)18-13-6-5-9(2)10(13)3/h7-10,13H,4-6H2,1-3H3,(H,18,19). The van der Waals surface area contributed by atoms with Crippen molar-refractivity contribution in [3.05, 3.63) is 28.5 Å². The summed E-state index contributed by atoms with van der Waals surface area (Å²) in [6, 6.07) is 3.74. The number of hydrogen-bond donors (Lipinski definition) is 1. The van der Waals surface area contributed by atoms with Crippen LogP contribution in [0.25, 0.3) is 0 Å². The molecule has 19 heavy (non-hydrogen) atoms. The lowest BCUT2D eigenvalue weighted by Gasteiger charge is -2.19. The Labute approximate surface area is 119 Å². The third kappa shape index (κ3) is 3.27. The van der Waals surface area contributed by atoms with Crippen molar-refractivity contribution in [3.8, 4) is 0 Å². The van der Waals surface area contributed by atoms with E-state index in [4.69, 9.17) is 11.6 Å². The molecule has 1 aromatic rings. The molecule has 0 saturated heterocycles. The van der Waals surface area contributed by atoms with Gasteiger partial charge in [0.25, 0.3) is 5.91 Å². The maximum absolute atomic E-state index is 12.3. The zero-order valence-electron chi connectivity index (χ0n) is 11.7. The number of aryl methyl sites for hydroxylation is 1. The molecule has 3 atom stereocenters. The van der Waals surface area contributed by atoms with Crippen LogP contribution in [0.3, 0.4) is 0 Å². The Morgan fingerprint density at radius 1 is 1.42 bits per heavy atom. The smallest absolute Gasteiger partial charge is 0.251 e. The van der Waals surface area contributed by atoms with Gasteiger partial charge in [0.1, 0.15) is 5.15 Å². The third-order valence-corrected chi connectivity index (χ3v) is 4.45. The molecule has 1 aromatic heterocycles. The topological polar surface area (TPSA) is 42.0 Å². The number of nitrogens with zero attached hydrogens (tertiary/aromatic N) is 1. The molecular formula is C15H21ClN2O. The molecule has 4 heteroatoms. The number of amides is 1. The minimum atomic E-state index is -0.0371. The van der Waals surface area contributed by atoms with Gasteiger partial charge >= 0.3 is 0 Å². The number of carbonyl (C=O) groups excluding carboxylic acids is 1. The molecule has 0 spiro atoms. The van der Waals surface area contributed by atoms with Crippen molar-refractivity contribution in [1.82, 2.24) is 10.3 Å². The Hall–Kier alpha value is -1.09. The summed E-state index contributed by atoms with van der Waals surface area (Å²) in [6.07, 6.45) is 3.02. The van der Waals surface area contributed by atoms with Crippen LogP contribution >= 0.6 is 11.6 Å². The van der Waals surface area contributed by atoms with Crippen molar-refractivity contribution in [2.45, 2.75) is 46.1 Å². The number of rotatable bonds is 3. The number of halogens is 1. The lowest BCUT2D eigenvalue weighted by atomic mass is 9.97. The fraction of sp³-hybridized carbons (Fsp3) is 0.600. The quantitative estimate of drug-likeness (QED) is 0.862. The summed E-state index contributed by atoms with van der Waals surface area (Å²) in [5, 5.41) is 3.51. The Kier molecular flexibility index (Phi) is 4.46. The maximum Gasteiger partial charge on any atom is 0.251 e. The SMILES string of the molecule is CCc1cc(C(=O)NC2CCC(C)C2C)cc(Cl)n1. The number of nitrogens with one attached hydrogen (secondary N) is 1. The second-order valence-electron chi connectivity index (χ2n) is 5.52. The Morgan fingerprint density at radius 3 is 2.74 bits per heavy atom. The van der Waals surface area contributed by atoms with E-state index in [2.05, 4.69) is 24.1 Å². The zero-order valence-corrected chi connectivity index (χ0v) is 12.5. The minimum Gasteiger partial charge on any atom is -0.349 e. The highest BCUT2D eigenvalue weighted by molar-refractivity contribution is 6.29. The summed E-state index contributed by atoms with van der Waals surface area (Å²) in [5.41, 5.74) is 1.47. The van der Waals surface area contributed by atoms with Gasteiger partial charge in [-0.05, 0) is 43.2 Å². The number of carbonyl (C=O) groups is 1. The van der Waals surface area contributed by atoms with E-state index in [1.165, 1.54) is 6.42 Å². The first-order valence-corrected chi connectivity index (χ1v) is 7.36. The van der Waals surface area contributed by atoms with E-state index in [0.29, 0.717) is 22.6 Å². The van der Waals surface area contributed by atoms with E-state index in [1.54, 1.807) is 6.07 Å². The molecule has 1 amide bonds. The van der Waals surface area contributed by atoms with E-state index in [-0.39, 0.29) is 11.9 Å². The first kappa shape index (κ1) is 14.3. The fourth-order valence-corrected chi connectivity index (χ4v) is 2.91. The van der Waals surface area contributed by atoms with Crippen LogP contribution in [0.2, 0.25) is 5.15 Å². The number of hydrogen-bond acceptors (Lipinski definition) is 2. The summed E-state index contributed by atoms with van der Waals surface area (Å²) in [5.74, 6) is 1.18. The summed E-state index contributed by atoms with van der Waals surface area (Å²) < 4.78 is 0. The van der Waals surface area contributed by atoms with E-state index < -0.39 is 0 Å². The molecule has 1 saturated carbocycles. The van der Waals surface area contributed by atoms with E-state index in [1.807, 2.05) is 13.0 Å². The van der Waals surface area contributed by atoms with Crippen molar-refractivity contribution in [2.24, 2.45) is 11.8 Å². The van der Waals surface area contributed by atoms with Crippen LogP contribution in [0.4, 0.5) is 0 Å². The van der Waals surface area contributed by atoms with E-state index >= 15 is 0 Å². The van der Waals surface area contributed by atoms with Crippen molar-refractivity contribution < 1.29 is 4.79 Å². The van der Waals surface area contributed by atoms with Crippen LogP contribution < -0.4 is 5.32 Å². The molecule has 1 fully saturated rings. The molecule has 1 N–H and O–H groups in total. The molecule has 3 nitrogen and oxygen atoms in total. The van der Waals surface area contributed by atoms with Gasteiger partial charge in [0, 0.05) is 17.3 Å².